The number of hydrogen-bond donors (Lipinski definition) is 0. The number of carbonyl (C=O) groups excluding carboxylic acids is 1. The minimum atomic E-state index is -0.876. The maximum atomic E-state index is 12.1. The highest BCUT2D eigenvalue weighted by atomic mass is 16.6. The van der Waals surface area contributed by atoms with Gasteiger partial charge in [-0.3, -0.25) is 19.5 Å². The van der Waals surface area contributed by atoms with Crippen LogP contribution in [-0.2, 0) is 9.53 Å². The molecule has 7 nitrogen and oxygen atoms in total. The molecule has 1 heterocycles. The Balaban J connectivity index is 2.12. The fraction of sp³-hybridized carbons (Fsp3) is 0.571. The minimum absolute atomic E-state index is 0.108. The first kappa shape index (κ1) is 15.2. The van der Waals surface area contributed by atoms with Crippen LogP contribution in [0.3, 0.4) is 0 Å². The van der Waals surface area contributed by atoms with E-state index in [1.165, 1.54) is 6.92 Å². The number of carbonyl (C=O) groups is 1. The molecule has 1 saturated carbocycles. The Bertz CT molecular complexity index is 589. The van der Waals surface area contributed by atoms with Gasteiger partial charge in [0.2, 0.25) is 0 Å². The van der Waals surface area contributed by atoms with Crippen molar-refractivity contribution in [1.29, 1.82) is 0 Å². The van der Waals surface area contributed by atoms with Crippen molar-refractivity contribution in [2.45, 2.75) is 51.2 Å². The highest BCUT2D eigenvalue weighted by molar-refractivity contribution is 5.74. The van der Waals surface area contributed by atoms with E-state index in [2.05, 4.69) is 0 Å². The smallest absolute Gasteiger partial charge is 0.329 e. The van der Waals surface area contributed by atoms with Crippen LogP contribution in [0.4, 0.5) is 5.69 Å². The van der Waals surface area contributed by atoms with Crippen molar-refractivity contribution in [3.8, 4) is 0 Å². The standard InChI is InChI=1S/C14H18N2O5/c1-10(14(18)21-12-5-3-2-4-6-12)15-9-11(16(19)20)7-8-13(15)17/h7-10,12H,2-6H2,1H3. The quantitative estimate of drug-likeness (QED) is 0.482. The second kappa shape index (κ2) is 6.51. The summed E-state index contributed by atoms with van der Waals surface area (Å²) in [5.74, 6) is -0.524. The van der Waals surface area contributed by atoms with Crippen molar-refractivity contribution >= 4 is 11.7 Å². The van der Waals surface area contributed by atoms with Gasteiger partial charge in [-0.2, -0.15) is 0 Å². The van der Waals surface area contributed by atoms with E-state index in [0.29, 0.717) is 0 Å². The molecule has 0 radical (unpaired) electrons. The molecule has 1 fully saturated rings. The second-order valence-electron chi connectivity index (χ2n) is 5.26. The van der Waals surface area contributed by atoms with Crippen molar-refractivity contribution in [1.82, 2.24) is 4.57 Å². The third kappa shape index (κ3) is 3.68. The van der Waals surface area contributed by atoms with E-state index in [0.717, 1.165) is 55.0 Å². The van der Waals surface area contributed by atoms with Crippen LogP contribution >= 0.6 is 0 Å². The van der Waals surface area contributed by atoms with E-state index >= 15 is 0 Å². The number of pyridine rings is 1. The van der Waals surface area contributed by atoms with Gasteiger partial charge in [0, 0.05) is 12.1 Å². The topological polar surface area (TPSA) is 91.4 Å². The van der Waals surface area contributed by atoms with Crippen LogP contribution in [0.1, 0.15) is 45.1 Å². The number of ether oxygens (including phenoxy) is 1. The van der Waals surface area contributed by atoms with Crippen LogP contribution in [0, 0.1) is 10.1 Å². The molecule has 0 amide bonds. The van der Waals surface area contributed by atoms with Crippen LogP contribution in [-0.4, -0.2) is 21.6 Å². The Hall–Kier alpha value is -2.18. The monoisotopic (exact) mass is 294 g/mol. The van der Waals surface area contributed by atoms with Gasteiger partial charge >= 0.3 is 5.97 Å². The number of aromatic nitrogens is 1. The van der Waals surface area contributed by atoms with Crippen molar-refractivity contribution in [2.24, 2.45) is 0 Å². The average Bonchev–Trinajstić information content (AvgIpc) is 2.47. The highest BCUT2D eigenvalue weighted by Gasteiger charge is 2.24. The van der Waals surface area contributed by atoms with E-state index < -0.39 is 22.5 Å². The van der Waals surface area contributed by atoms with E-state index in [4.69, 9.17) is 4.74 Å². The molecule has 1 unspecified atom stereocenters. The lowest BCUT2D eigenvalue weighted by Gasteiger charge is -2.24. The summed E-state index contributed by atoms with van der Waals surface area (Å²) in [6.45, 7) is 1.51. The van der Waals surface area contributed by atoms with Gasteiger partial charge in [0.1, 0.15) is 12.1 Å². The number of nitro groups is 1. The van der Waals surface area contributed by atoms with Crippen LogP contribution in [0.5, 0.6) is 0 Å². The minimum Gasteiger partial charge on any atom is -0.461 e. The van der Waals surface area contributed by atoms with Gasteiger partial charge in [-0.25, -0.2) is 4.79 Å². The fourth-order valence-corrected chi connectivity index (χ4v) is 2.46. The number of hydrogen-bond acceptors (Lipinski definition) is 5. The predicted octanol–water partition coefficient (Wildman–Crippen LogP) is 2.19. The Labute approximate surface area is 121 Å². The van der Waals surface area contributed by atoms with E-state index in [1.54, 1.807) is 0 Å². The third-order valence-corrected chi connectivity index (χ3v) is 3.73. The Kier molecular flexibility index (Phi) is 4.72. The Morgan fingerprint density at radius 3 is 2.67 bits per heavy atom. The summed E-state index contributed by atoms with van der Waals surface area (Å²) in [5.41, 5.74) is -0.694. The Morgan fingerprint density at radius 1 is 1.38 bits per heavy atom. The van der Waals surface area contributed by atoms with Crippen molar-refractivity contribution < 1.29 is 14.5 Å². The van der Waals surface area contributed by atoms with Gasteiger partial charge < -0.3 is 4.74 Å². The van der Waals surface area contributed by atoms with Gasteiger partial charge in [-0.15, -0.1) is 0 Å². The zero-order valence-electron chi connectivity index (χ0n) is 11.9. The van der Waals surface area contributed by atoms with Gasteiger partial charge in [0.25, 0.3) is 11.2 Å². The molecule has 0 bridgehead atoms. The number of esters is 1. The second-order valence-corrected chi connectivity index (χ2v) is 5.26. The summed E-state index contributed by atoms with van der Waals surface area (Å²) in [6.07, 6.45) is 5.85. The van der Waals surface area contributed by atoms with E-state index in [-0.39, 0.29) is 11.8 Å². The largest absolute Gasteiger partial charge is 0.461 e. The predicted molar refractivity (Wildman–Crippen MR) is 75.0 cm³/mol. The van der Waals surface area contributed by atoms with Crippen molar-refractivity contribution in [3.63, 3.8) is 0 Å². The lowest BCUT2D eigenvalue weighted by molar-refractivity contribution is -0.385. The van der Waals surface area contributed by atoms with Crippen LogP contribution < -0.4 is 5.56 Å². The first-order valence-electron chi connectivity index (χ1n) is 7.06. The number of nitrogens with zero attached hydrogens (tertiary/aromatic N) is 2. The first-order valence-corrected chi connectivity index (χ1v) is 7.06. The van der Waals surface area contributed by atoms with Crippen LogP contribution in [0.25, 0.3) is 0 Å². The molecule has 7 heteroatoms. The lowest BCUT2D eigenvalue weighted by atomic mass is 9.98. The van der Waals surface area contributed by atoms with Gasteiger partial charge in [0.15, 0.2) is 0 Å². The SMILES string of the molecule is CC(C(=O)OC1CCCCC1)n1cc([N+](=O)[O-])ccc1=O. The van der Waals surface area contributed by atoms with Crippen LogP contribution in [0.15, 0.2) is 23.1 Å². The molecule has 114 valence electrons. The molecular weight excluding hydrogens is 276 g/mol. The van der Waals surface area contributed by atoms with E-state index in [1.807, 2.05) is 0 Å². The molecule has 0 spiro atoms. The molecule has 0 saturated heterocycles. The zero-order valence-corrected chi connectivity index (χ0v) is 11.9. The molecule has 2 rings (SSSR count). The van der Waals surface area contributed by atoms with Crippen LogP contribution in [0.2, 0.25) is 0 Å². The van der Waals surface area contributed by atoms with Gasteiger partial charge in [0.05, 0.1) is 11.1 Å². The maximum absolute atomic E-state index is 12.1. The molecule has 1 aromatic heterocycles. The van der Waals surface area contributed by atoms with Gasteiger partial charge in [-0.1, -0.05) is 6.42 Å². The summed E-state index contributed by atoms with van der Waals surface area (Å²) < 4.78 is 6.44. The fourth-order valence-electron chi connectivity index (χ4n) is 2.46. The summed E-state index contributed by atoms with van der Waals surface area (Å²) >= 11 is 0. The molecule has 1 aliphatic carbocycles. The molecule has 21 heavy (non-hydrogen) atoms. The molecule has 0 aliphatic heterocycles. The average molecular weight is 294 g/mol. The molecule has 0 aromatic carbocycles. The van der Waals surface area contributed by atoms with E-state index in [9.17, 15) is 19.7 Å². The molecule has 0 N–H and O–H groups in total. The summed E-state index contributed by atoms with van der Waals surface area (Å²) in [4.78, 5) is 34.0. The lowest BCUT2D eigenvalue weighted by Crippen LogP contribution is -2.31. The third-order valence-electron chi connectivity index (χ3n) is 3.73. The molecular formula is C14H18N2O5. The maximum Gasteiger partial charge on any atom is 0.329 e. The molecule has 1 aromatic rings. The summed E-state index contributed by atoms with van der Waals surface area (Å²) in [7, 11) is 0. The molecule has 1 aliphatic rings. The van der Waals surface area contributed by atoms with Crippen molar-refractivity contribution in [2.75, 3.05) is 0 Å². The normalized spacial score (nSPS) is 17.2. The Morgan fingerprint density at radius 2 is 2.05 bits per heavy atom. The first-order chi connectivity index (χ1) is 9.99. The summed E-state index contributed by atoms with van der Waals surface area (Å²) in [5, 5.41) is 10.7. The number of rotatable bonds is 4. The van der Waals surface area contributed by atoms with Gasteiger partial charge in [-0.05, 0) is 32.6 Å². The summed E-state index contributed by atoms with van der Waals surface area (Å²) in [6, 6.07) is 1.33. The zero-order chi connectivity index (χ0) is 15.4. The molecule has 1 atom stereocenters. The highest BCUT2D eigenvalue weighted by Crippen LogP contribution is 2.22. The van der Waals surface area contributed by atoms with Crippen molar-refractivity contribution in [3.05, 3.63) is 38.8 Å².